The van der Waals surface area contributed by atoms with Gasteiger partial charge in [-0.15, -0.1) is 0 Å². The molecule has 3 aromatic carbocycles. The largest absolute Gasteiger partial charge is 0.480 e. The van der Waals surface area contributed by atoms with E-state index in [-0.39, 0.29) is 18.3 Å². The third kappa shape index (κ3) is 4.91. The molecule has 6 heteroatoms. The average Bonchev–Trinajstić information content (AvgIpc) is 3.11. The van der Waals surface area contributed by atoms with Gasteiger partial charge in [0.05, 0.1) is 0 Å². The number of thioether (sulfide) groups is 1. The number of ether oxygens (including phenoxy) is 1. The number of alkyl carbamates (subject to hydrolysis) is 1. The Hall–Kier alpha value is -3.25. The minimum atomic E-state index is -1.07. The van der Waals surface area contributed by atoms with Gasteiger partial charge in [-0.1, -0.05) is 78.9 Å². The number of nitrogens with one attached hydrogen (secondary N) is 1. The van der Waals surface area contributed by atoms with Crippen LogP contribution in [0.4, 0.5) is 4.79 Å². The Bertz CT molecular complexity index is 1020. The van der Waals surface area contributed by atoms with Gasteiger partial charge >= 0.3 is 12.1 Å². The van der Waals surface area contributed by atoms with Gasteiger partial charge in [0.15, 0.2) is 0 Å². The van der Waals surface area contributed by atoms with Crippen LogP contribution in [-0.2, 0) is 15.3 Å². The van der Waals surface area contributed by atoms with E-state index in [2.05, 4.69) is 17.4 Å². The minimum Gasteiger partial charge on any atom is -0.480 e. The van der Waals surface area contributed by atoms with Crippen molar-refractivity contribution in [1.82, 2.24) is 5.32 Å². The summed E-state index contributed by atoms with van der Waals surface area (Å²) in [6, 6.07) is 25.0. The van der Waals surface area contributed by atoms with Gasteiger partial charge in [0.1, 0.15) is 12.6 Å². The molecule has 0 fully saturated rings. The number of hydrogen-bond acceptors (Lipinski definition) is 4. The maximum atomic E-state index is 12.4. The summed E-state index contributed by atoms with van der Waals surface area (Å²) in [7, 11) is 0. The number of fused-ring (bicyclic) bond motifs is 3. The number of benzene rings is 3. The highest BCUT2D eigenvalue weighted by atomic mass is 32.2. The third-order valence-corrected chi connectivity index (χ3v) is 6.44. The molecule has 1 aliphatic rings. The molecule has 0 saturated heterocycles. The molecule has 3 aromatic rings. The Morgan fingerprint density at radius 2 is 1.48 bits per heavy atom. The number of carbonyl (C=O) groups is 2. The molecule has 1 atom stereocenters. The summed E-state index contributed by atoms with van der Waals surface area (Å²) in [5.74, 6) is -0.200. The maximum Gasteiger partial charge on any atom is 0.407 e. The van der Waals surface area contributed by atoms with Crippen LogP contribution in [0, 0.1) is 0 Å². The Labute approximate surface area is 185 Å². The van der Waals surface area contributed by atoms with Gasteiger partial charge in [-0.2, -0.15) is 11.8 Å². The van der Waals surface area contributed by atoms with Gasteiger partial charge in [-0.3, -0.25) is 0 Å². The van der Waals surface area contributed by atoms with Gasteiger partial charge in [0.2, 0.25) is 0 Å². The molecule has 0 radical (unpaired) electrons. The first kappa shape index (κ1) is 21.0. The molecule has 0 aliphatic heterocycles. The van der Waals surface area contributed by atoms with Gasteiger partial charge in [-0.25, -0.2) is 9.59 Å². The van der Waals surface area contributed by atoms with Gasteiger partial charge in [-0.05, 0) is 27.8 Å². The molecule has 158 valence electrons. The highest BCUT2D eigenvalue weighted by Crippen LogP contribution is 2.44. The van der Waals surface area contributed by atoms with Crippen molar-refractivity contribution >= 4 is 23.8 Å². The van der Waals surface area contributed by atoms with E-state index in [0.29, 0.717) is 5.75 Å². The standard InChI is InChI=1S/C25H23NO4S/c27-24(28)23(16-31-15-17-8-2-1-3-9-17)26-25(29)30-14-22-20-12-6-4-10-18(20)19-11-5-7-13-21(19)22/h1-13,22-23H,14-16H2,(H,26,29)(H,27,28)/t23-/m1/s1. The molecule has 1 aliphatic carbocycles. The van der Waals surface area contributed by atoms with E-state index in [1.54, 1.807) is 0 Å². The number of carboxylic acids is 1. The van der Waals surface area contributed by atoms with E-state index in [1.165, 1.54) is 11.8 Å². The number of rotatable bonds is 8. The smallest absolute Gasteiger partial charge is 0.407 e. The quantitative estimate of drug-likeness (QED) is 0.528. The first-order chi connectivity index (χ1) is 15.1. The first-order valence-corrected chi connectivity index (χ1v) is 11.2. The van der Waals surface area contributed by atoms with Crippen molar-refractivity contribution in [3.8, 4) is 11.1 Å². The maximum absolute atomic E-state index is 12.4. The second-order valence-corrected chi connectivity index (χ2v) is 8.39. The molecular weight excluding hydrogens is 410 g/mol. The first-order valence-electron chi connectivity index (χ1n) is 10.1. The number of hydrogen-bond donors (Lipinski definition) is 2. The molecule has 2 N–H and O–H groups in total. The monoisotopic (exact) mass is 433 g/mol. The van der Waals surface area contributed by atoms with Crippen molar-refractivity contribution in [3.63, 3.8) is 0 Å². The zero-order chi connectivity index (χ0) is 21.6. The molecule has 0 heterocycles. The third-order valence-electron chi connectivity index (χ3n) is 5.33. The van der Waals surface area contributed by atoms with Crippen molar-refractivity contribution in [2.75, 3.05) is 12.4 Å². The van der Waals surface area contributed by atoms with Crippen molar-refractivity contribution in [2.24, 2.45) is 0 Å². The van der Waals surface area contributed by atoms with Gasteiger partial charge < -0.3 is 15.2 Å². The Morgan fingerprint density at radius 3 is 2.10 bits per heavy atom. The van der Waals surface area contributed by atoms with Crippen LogP contribution in [-0.4, -0.2) is 35.6 Å². The van der Waals surface area contributed by atoms with E-state index in [9.17, 15) is 14.7 Å². The van der Waals surface area contributed by atoms with Crippen molar-refractivity contribution in [3.05, 3.63) is 95.6 Å². The lowest BCUT2D eigenvalue weighted by molar-refractivity contribution is -0.138. The number of amides is 1. The van der Waals surface area contributed by atoms with Crippen LogP contribution >= 0.6 is 11.8 Å². The normalized spacial score (nSPS) is 13.2. The minimum absolute atomic E-state index is 0.0612. The highest BCUT2D eigenvalue weighted by Gasteiger charge is 2.29. The molecule has 5 nitrogen and oxygen atoms in total. The van der Waals surface area contributed by atoms with Crippen molar-refractivity contribution < 1.29 is 19.4 Å². The number of aliphatic carboxylic acids is 1. The van der Waals surface area contributed by atoms with Crippen LogP contribution < -0.4 is 5.32 Å². The van der Waals surface area contributed by atoms with E-state index in [0.717, 1.165) is 27.8 Å². The summed E-state index contributed by atoms with van der Waals surface area (Å²) < 4.78 is 5.46. The van der Waals surface area contributed by atoms with Crippen LogP contribution in [0.15, 0.2) is 78.9 Å². The fourth-order valence-electron chi connectivity index (χ4n) is 3.83. The lowest BCUT2D eigenvalue weighted by Gasteiger charge is -2.17. The topological polar surface area (TPSA) is 75.6 Å². The highest BCUT2D eigenvalue weighted by molar-refractivity contribution is 7.98. The average molecular weight is 434 g/mol. The fourth-order valence-corrected chi connectivity index (χ4v) is 4.83. The Morgan fingerprint density at radius 1 is 0.903 bits per heavy atom. The lowest BCUT2D eigenvalue weighted by Crippen LogP contribution is -2.43. The number of carbonyl (C=O) groups excluding carboxylic acids is 1. The number of carboxylic acid groups (broad SMARTS) is 1. The molecule has 1 amide bonds. The van der Waals surface area contributed by atoms with Crippen LogP contribution in [0.2, 0.25) is 0 Å². The fraction of sp³-hybridized carbons (Fsp3) is 0.200. The predicted molar refractivity (Wildman–Crippen MR) is 122 cm³/mol. The van der Waals surface area contributed by atoms with E-state index < -0.39 is 18.1 Å². The second kappa shape index (κ2) is 9.71. The molecule has 0 unspecified atom stereocenters. The second-order valence-electron chi connectivity index (χ2n) is 7.36. The van der Waals surface area contributed by atoms with Gasteiger partial charge in [0.25, 0.3) is 0 Å². The van der Waals surface area contributed by atoms with Crippen molar-refractivity contribution in [1.29, 1.82) is 0 Å². The summed E-state index contributed by atoms with van der Waals surface area (Å²) in [5.41, 5.74) is 5.63. The summed E-state index contributed by atoms with van der Waals surface area (Å²) >= 11 is 1.46. The molecule has 0 aromatic heterocycles. The summed E-state index contributed by atoms with van der Waals surface area (Å²) in [4.78, 5) is 23.9. The molecule has 0 bridgehead atoms. The van der Waals surface area contributed by atoms with E-state index >= 15 is 0 Å². The predicted octanol–water partition coefficient (Wildman–Crippen LogP) is 4.91. The lowest BCUT2D eigenvalue weighted by atomic mass is 9.98. The molecule has 4 rings (SSSR count). The van der Waals surface area contributed by atoms with E-state index in [1.807, 2.05) is 66.7 Å². The zero-order valence-electron chi connectivity index (χ0n) is 16.9. The molecule has 31 heavy (non-hydrogen) atoms. The van der Waals surface area contributed by atoms with Crippen LogP contribution in [0.5, 0.6) is 0 Å². The molecule has 0 spiro atoms. The van der Waals surface area contributed by atoms with Crippen LogP contribution in [0.1, 0.15) is 22.6 Å². The summed E-state index contributed by atoms with van der Waals surface area (Å²) in [6.45, 7) is 0.156. The zero-order valence-corrected chi connectivity index (χ0v) is 17.7. The SMILES string of the molecule is O=C(N[C@H](CSCc1ccccc1)C(=O)O)OCC1c2ccccc2-c2ccccc21. The summed E-state index contributed by atoms with van der Waals surface area (Å²) in [5, 5.41) is 12.0. The van der Waals surface area contributed by atoms with Crippen LogP contribution in [0.3, 0.4) is 0 Å². The Balaban J connectivity index is 1.34. The Kier molecular flexibility index (Phi) is 6.57. The van der Waals surface area contributed by atoms with Crippen molar-refractivity contribution in [2.45, 2.75) is 17.7 Å². The van der Waals surface area contributed by atoms with Crippen LogP contribution in [0.25, 0.3) is 11.1 Å². The van der Waals surface area contributed by atoms with Gasteiger partial charge in [0, 0.05) is 17.4 Å². The molecule has 0 saturated carbocycles. The van der Waals surface area contributed by atoms with E-state index in [4.69, 9.17) is 4.74 Å². The molecular formula is C25H23NO4S. The summed E-state index contributed by atoms with van der Waals surface area (Å²) in [6.07, 6.45) is -0.713.